The summed E-state index contributed by atoms with van der Waals surface area (Å²) < 4.78 is 5.55. The van der Waals surface area contributed by atoms with E-state index in [0.29, 0.717) is 12.1 Å². The Bertz CT molecular complexity index is 391. The van der Waals surface area contributed by atoms with Gasteiger partial charge < -0.3 is 15.0 Å². The molecule has 0 spiro atoms. The van der Waals surface area contributed by atoms with Crippen molar-refractivity contribution in [3.05, 3.63) is 0 Å². The molecule has 4 unspecified atom stereocenters. The number of amides is 1. The largest absolute Gasteiger partial charge is 0.444 e. The van der Waals surface area contributed by atoms with Crippen molar-refractivity contribution in [2.24, 2.45) is 11.8 Å². The predicted octanol–water partition coefficient (Wildman–Crippen LogP) is 4.19. The molecule has 1 saturated heterocycles. The minimum absolute atomic E-state index is 0.142. The van der Waals surface area contributed by atoms with Crippen molar-refractivity contribution >= 4 is 6.09 Å². The Morgan fingerprint density at radius 2 is 2.04 bits per heavy atom. The fraction of sp³-hybridized carbons (Fsp3) is 0.947. The molecular formula is C19H36N2O2. The topological polar surface area (TPSA) is 41.6 Å². The first-order chi connectivity index (χ1) is 10.7. The molecule has 2 rings (SSSR count). The molecule has 2 aliphatic rings. The third-order valence-electron chi connectivity index (χ3n) is 5.19. The van der Waals surface area contributed by atoms with Crippen molar-refractivity contribution < 1.29 is 9.53 Å². The fourth-order valence-corrected chi connectivity index (χ4v) is 4.01. The van der Waals surface area contributed by atoms with E-state index in [9.17, 15) is 4.79 Å². The second-order valence-electron chi connectivity index (χ2n) is 8.80. The summed E-state index contributed by atoms with van der Waals surface area (Å²) in [4.78, 5) is 14.3. The molecule has 1 amide bonds. The van der Waals surface area contributed by atoms with Gasteiger partial charge in [-0.3, -0.25) is 0 Å². The van der Waals surface area contributed by atoms with E-state index in [0.717, 1.165) is 44.2 Å². The Morgan fingerprint density at radius 1 is 1.30 bits per heavy atom. The molecule has 134 valence electrons. The van der Waals surface area contributed by atoms with Crippen LogP contribution in [-0.4, -0.2) is 41.8 Å². The molecule has 2 fully saturated rings. The van der Waals surface area contributed by atoms with Gasteiger partial charge in [0.2, 0.25) is 0 Å². The van der Waals surface area contributed by atoms with Crippen LogP contribution >= 0.6 is 0 Å². The maximum atomic E-state index is 12.3. The number of nitrogens with zero attached hydrogens (tertiary/aromatic N) is 1. The van der Waals surface area contributed by atoms with E-state index in [1.807, 2.05) is 25.7 Å². The van der Waals surface area contributed by atoms with Crippen LogP contribution in [0.4, 0.5) is 4.79 Å². The van der Waals surface area contributed by atoms with Crippen LogP contribution < -0.4 is 5.32 Å². The Kier molecular flexibility index (Phi) is 6.35. The van der Waals surface area contributed by atoms with Crippen molar-refractivity contribution in [3.8, 4) is 0 Å². The number of nitrogens with one attached hydrogen (secondary N) is 1. The van der Waals surface area contributed by atoms with Crippen LogP contribution in [0.1, 0.15) is 73.1 Å². The van der Waals surface area contributed by atoms with Gasteiger partial charge in [-0.2, -0.15) is 0 Å². The maximum absolute atomic E-state index is 12.3. The van der Waals surface area contributed by atoms with Gasteiger partial charge in [-0.1, -0.05) is 13.3 Å². The minimum Gasteiger partial charge on any atom is -0.444 e. The van der Waals surface area contributed by atoms with Crippen molar-refractivity contribution in [1.82, 2.24) is 10.2 Å². The highest BCUT2D eigenvalue weighted by atomic mass is 16.6. The lowest BCUT2D eigenvalue weighted by atomic mass is 10.0. The second kappa shape index (κ2) is 7.87. The van der Waals surface area contributed by atoms with Gasteiger partial charge in [0.15, 0.2) is 0 Å². The number of likely N-dealkylation sites (tertiary alicyclic amines) is 1. The van der Waals surface area contributed by atoms with Crippen LogP contribution in [0.3, 0.4) is 0 Å². The van der Waals surface area contributed by atoms with Gasteiger partial charge in [0, 0.05) is 18.6 Å². The van der Waals surface area contributed by atoms with Gasteiger partial charge in [0.1, 0.15) is 5.60 Å². The van der Waals surface area contributed by atoms with Crippen LogP contribution in [0.25, 0.3) is 0 Å². The van der Waals surface area contributed by atoms with Crippen molar-refractivity contribution in [1.29, 1.82) is 0 Å². The van der Waals surface area contributed by atoms with Crippen LogP contribution in [0.2, 0.25) is 0 Å². The number of carbonyl (C=O) groups is 1. The van der Waals surface area contributed by atoms with E-state index in [4.69, 9.17) is 4.74 Å². The molecular weight excluding hydrogens is 288 g/mol. The van der Waals surface area contributed by atoms with Crippen molar-refractivity contribution in [2.45, 2.75) is 90.8 Å². The normalized spacial score (nSPS) is 29.8. The number of hydrogen-bond acceptors (Lipinski definition) is 3. The molecule has 23 heavy (non-hydrogen) atoms. The molecule has 1 heterocycles. The number of carbonyl (C=O) groups excluding carboxylic acids is 1. The molecule has 0 aromatic carbocycles. The summed E-state index contributed by atoms with van der Waals surface area (Å²) in [6, 6.07) is 0.786. The van der Waals surface area contributed by atoms with Gasteiger partial charge in [-0.25, -0.2) is 4.79 Å². The Labute approximate surface area is 142 Å². The van der Waals surface area contributed by atoms with Gasteiger partial charge in [0.05, 0.1) is 0 Å². The Morgan fingerprint density at radius 3 is 2.65 bits per heavy atom. The monoisotopic (exact) mass is 324 g/mol. The van der Waals surface area contributed by atoms with E-state index < -0.39 is 5.60 Å². The van der Waals surface area contributed by atoms with Crippen LogP contribution in [0.5, 0.6) is 0 Å². The molecule has 0 bridgehead atoms. The van der Waals surface area contributed by atoms with E-state index >= 15 is 0 Å². The molecule has 0 radical (unpaired) electrons. The van der Waals surface area contributed by atoms with Gasteiger partial charge in [-0.05, 0) is 78.2 Å². The molecule has 0 aromatic rings. The second-order valence-corrected chi connectivity index (χ2v) is 8.80. The van der Waals surface area contributed by atoms with E-state index in [1.54, 1.807) is 0 Å². The standard InChI is InChI=1S/C19H36N2O2/c1-14-8-9-16(11-14)13-20-15(2)12-17-7-6-10-21(17)18(22)23-19(3,4)5/h14-17,20H,6-13H2,1-5H3. The first-order valence-corrected chi connectivity index (χ1v) is 9.47. The predicted molar refractivity (Wildman–Crippen MR) is 94.5 cm³/mol. The van der Waals surface area contributed by atoms with Gasteiger partial charge >= 0.3 is 6.09 Å². The zero-order valence-electron chi connectivity index (χ0n) is 15.7. The highest BCUT2D eigenvalue weighted by molar-refractivity contribution is 5.68. The third-order valence-corrected chi connectivity index (χ3v) is 5.19. The first kappa shape index (κ1) is 18.6. The van der Waals surface area contributed by atoms with E-state index in [-0.39, 0.29) is 6.09 Å². The quantitative estimate of drug-likeness (QED) is 0.824. The third kappa shape index (κ3) is 5.98. The molecule has 4 atom stereocenters. The molecule has 4 nitrogen and oxygen atoms in total. The van der Waals surface area contributed by atoms with Gasteiger partial charge in [-0.15, -0.1) is 0 Å². The summed E-state index contributed by atoms with van der Waals surface area (Å²) >= 11 is 0. The molecule has 4 heteroatoms. The summed E-state index contributed by atoms with van der Waals surface area (Å²) in [6.07, 6.45) is 7.21. The number of hydrogen-bond donors (Lipinski definition) is 1. The smallest absolute Gasteiger partial charge is 0.410 e. The highest BCUT2D eigenvalue weighted by Gasteiger charge is 2.33. The lowest BCUT2D eigenvalue weighted by molar-refractivity contribution is 0.0214. The Balaban J connectivity index is 1.75. The van der Waals surface area contributed by atoms with Crippen molar-refractivity contribution in [2.75, 3.05) is 13.1 Å². The van der Waals surface area contributed by atoms with E-state index in [2.05, 4.69) is 19.2 Å². The average molecular weight is 325 g/mol. The number of rotatable bonds is 5. The summed E-state index contributed by atoms with van der Waals surface area (Å²) in [6.45, 7) is 12.4. The molecule has 1 saturated carbocycles. The Hall–Kier alpha value is -0.770. The number of ether oxygens (including phenoxy) is 1. The SMILES string of the molecule is CC1CCC(CNC(C)CC2CCCN2C(=O)OC(C)(C)C)C1. The molecule has 0 aromatic heterocycles. The summed E-state index contributed by atoms with van der Waals surface area (Å²) in [5.41, 5.74) is -0.409. The zero-order valence-corrected chi connectivity index (χ0v) is 15.7. The van der Waals surface area contributed by atoms with Crippen LogP contribution in [0.15, 0.2) is 0 Å². The van der Waals surface area contributed by atoms with Crippen LogP contribution in [-0.2, 0) is 4.74 Å². The molecule has 1 N–H and O–H groups in total. The van der Waals surface area contributed by atoms with Crippen LogP contribution in [0, 0.1) is 11.8 Å². The molecule has 1 aliphatic carbocycles. The lowest BCUT2D eigenvalue weighted by Gasteiger charge is -2.30. The van der Waals surface area contributed by atoms with Gasteiger partial charge in [0.25, 0.3) is 0 Å². The first-order valence-electron chi connectivity index (χ1n) is 9.47. The lowest BCUT2D eigenvalue weighted by Crippen LogP contribution is -2.43. The highest BCUT2D eigenvalue weighted by Crippen LogP contribution is 2.30. The fourth-order valence-electron chi connectivity index (χ4n) is 4.01. The zero-order chi connectivity index (χ0) is 17.0. The summed E-state index contributed by atoms with van der Waals surface area (Å²) in [5.74, 6) is 1.74. The summed E-state index contributed by atoms with van der Waals surface area (Å²) in [7, 11) is 0. The maximum Gasteiger partial charge on any atom is 0.410 e. The van der Waals surface area contributed by atoms with Crippen molar-refractivity contribution in [3.63, 3.8) is 0 Å². The summed E-state index contributed by atoms with van der Waals surface area (Å²) in [5, 5.41) is 3.70. The minimum atomic E-state index is -0.409. The molecule has 1 aliphatic heterocycles. The average Bonchev–Trinajstić information content (AvgIpc) is 3.03. The van der Waals surface area contributed by atoms with E-state index in [1.165, 1.54) is 19.3 Å².